The molecule has 4 amide bonds. The standard InChI is InChI=1S/C20H16ClFN4O5/c1-20(14-4-2-12(22)9-15(14)21)18(28)25(19(29)23-20)10-17(27)24-7-6-11-8-13(26(30)31)3-5-16(11)24/h2-5,8-9H,6-7,10H2,1H3,(H,23,29). The maximum atomic E-state index is 13.4. The molecule has 1 atom stereocenters. The van der Waals surface area contributed by atoms with Crippen molar-refractivity contribution in [3.8, 4) is 0 Å². The van der Waals surface area contributed by atoms with Gasteiger partial charge in [-0.25, -0.2) is 9.18 Å². The van der Waals surface area contributed by atoms with E-state index in [2.05, 4.69) is 5.32 Å². The van der Waals surface area contributed by atoms with Crippen LogP contribution in [0.15, 0.2) is 36.4 Å². The Morgan fingerprint density at radius 3 is 2.71 bits per heavy atom. The highest BCUT2D eigenvalue weighted by Crippen LogP contribution is 2.35. The van der Waals surface area contributed by atoms with E-state index < -0.39 is 40.7 Å². The number of halogens is 2. The van der Waals surface area contributed by atoms with Crippen molar-refractivity contribution in [3.63, 3.8) is 0 Å². The van der Waals surface area contributed by atoms with Gasteiger partial charge in [-0.1, -0.05) is 17.7 Å². The van der Waals surface area contributed by atoms with Gasteiger partial charge in [-0.2, -0.15) is 0 Å². The van der Waals surface area contributed by atoms with Crippen molar-refractivity contribution in [3.05, 3.63) is 68.5 Å². The van der Waals surface area contributed by atoms with Gasteiger partial charge >= 0.3 is 6.03 Å². The van der Waals surface area contributed by atoms with Gasteiger partial charge in [0.25, 0.3) is 11.6 Å². The number of imide groups is 1. The molecule has 1 unspecified atom stereocenters. The van der Waals surface area contributed by atoms with Gasteiger partial charge in [0.1, 0.15) is 17.9 Å². The van der Waals surface area contributed by atoms with Gasteiger partial charge in [-0.15, -0.1) is 0 Å². The van der Waals surface area contributed by atoms with Crippen LogP contribution in [-0.4, -0.2) is 40.8 Å². The molecule has 1 fully saturated rings. The molecule has 2 heterocycles. The highest BCUT2D eigenvalue weighted by Gasteiger charge is 2.50. The fraction of sp³-hybridized carbons (Fsp3) is 0.250. The molecule has 9 nitrogen and oxygen atoms in total. The third-order valence-electron chi connectivity index (χ3n) is 5.51. The zero-order valence-corrected chi connectivity index (χ0v) is 17.0. The van der Waals surface area contributed by atoms with Crippen molar-refractivity contribution in [2.45, 2.75) is 18.9 Å². The number of carbonyl (C=O) groups excluding carboxylic acids is 3. The molecule has 160 valence electrons. The quantitative estimate of drug-likeness (QED) is 0.441. The van der Waals surface area contributed by atoms with Crippen molar-refractivity contribution in [1.29, 1.82) is 0 Å². The topological polar surface area (TPSA) is 113 Å². The number of non-ortho nitro benzene ring substituents is 1. The number of benzene rings is 2. The highest BCUT2D eigenvalue weighted by atomic mass is 35.5. The maximum absolute atomic E-state index is 13.4. The number of rotatable bonds is 4. The van der Waals surface area contributed by atoms with Crippen LogP contribution in [-0.2, 0) is 21.5 Å². The fourth-order valence-corrected chi connectivity index (χ4v) is 4.26. The minimum absolute atomic E-state index is 0.0283. The minimum Gasteiger partial charge on any atom is -0.319 e. The van der Waals surface area contributed by atoms with Crippen molar-refractivity contribution in [1.82, 2.24) is 10.2 Å². The molecule has 1 N–H and O–H groups in total. The Balaban J connectivity index is 1.56. The highest BCUT2D eigenvalue weighted by molar-refractivity contribution is 6.32. The average molecular weight is 447 g/mol. The Bertz CT molecular complexity index is 1160. The van der Waals surface area contributed by atoms with E-state index in [0.717, 1.165) is 17.0 Å². The summed E-state index contributed by atoms with van der Waals surface area (Å²) in [6, 6.07) is 6.88. The molecule has 0 aliphatic carbocycles. The van der Waals surface area contributed by atoms with Crippen LogP contribution in [0.3, 0.4) is 0 Å². The summed E-state index contributed by atoms with van der Waals surface area (Å²) in [6.45, 7) is 1.19. The van der Waals surface area contributed by atoms with E-state index >= 15 is 0 Å². The van der Waals surface area contributed by atoms with Crippen LogP contribution in [0.1, 0.15) is 18.1 Å². The molecular weight excluding hydrogens is 431 g/mol. The number of amides is 4. The summed E-state index contributed by atoms with van der Waals surface area (Å²) in [7, 11) is 0. The van der Waals surface area contributed by atoms with Gasteiger partial charge in [0.2, 0.25) is 5.91 Å². The first-order valence-corrected chi connectivity index (χ1v) is 9.67. The summed E-state index contributed by atoms with van der Waals surface area (Å²) in [5, 5.41) is 13.4. The first-order valence-electron chi connectivity index (χ1n) is 9.29. The van der Waals surface area contributed by atoms with E-state index in [4.69, 9.17) is 11.6 Å². The lowest BCUT2D eigenvalue weighted by molar-refractivity contribution is -0.384. The van der Waals surface area contributed by atoms with Crippen molar-refractivity contribution < 1.29 is 23.7 Å². The SMILES string of the molecule is CC1(c2ccc(F)cc2Cl)NC(=O)N(CC(=O)N2CCc3cc([N+](=O)[O-])ccc32)C1=O. The second-order valence-electron chi connectivity index (χ2n) is 7.44. The molecule has 2 aliphatic heterocycles. The molecule has 2 aliphatic rings. The van der Waals surface area contributed by atoms with Crippen molar-refractivity contribution >= 4 is 40.8 Å². The molecule has 11 heteroatoms. The zero-order chi connectivity index (χ0) is 22.5. The third-order valence-corrected chi connectivity index (χ3v) is 5.82. The fourth-order valence-electron chi connectivity index (χ4n) is 3.90. The second kappa shape index (κ2) is 7.31. The van der Waals surface area contributed by atoms with Gasteiger partial charge in [0.15, 0.2) is 0 Å². The van der Waals surface area contributed by atoms with Gasteiger partial charge in [0, 0.05) is 35.0 Å². The lowest BCUT2D eigenvalue weighted by Crippen LogP contribution is -2.44. The van der Waals surface area contributed by atoms with E-state index in [9.17, 15) is 28.9 Å². The summed E-state index contributed by atoms with van der Waals surface area (Å²) < 4.78 is 13.4. The predicted molar refractivity (Wildman–Crippen MR) is 108 cm³/mol. The Labute approximate surface area is 180 Å². The van der Waals surface area contributed by atoms with Crippen LogP contribution in [0.5, 0.6) is 0 Å². The Kier molecular flexibility index (Phi) is 4.89. The Morgan fingerprint density at radius 1 is 1.29 bits per heavy atom. The third kappa shape index (κ3) is 3.38. The number of nitrogens with one attached hydrogen (secondary N) is 1. The van der Waals surface area contributed by atoms with Gasteiger partial charge in [-0.3, -0.25) is 24.6 Å². The van der Waals surface area contributed by atoms with E-state index in [1.165, 1.54) is 36.1 Å². The molecule has 31 heavy (non-hydrogen) atoms. The van der Waals surface area contributed by atoms with E-state index in [1.807, 2.05) is 0 Å². The summed E-state index contributed by atoms with van der Waals surface area (Å²) in [5.74, 6) is -1.79. The maximum Gasteiger partial charge on any atom is 0.325 e. The number of carbonyl (C=O) groups is 3. The molecule has 0 saturated carbocycles. The molecule has 2 aromatic carbocycles. The van der Waals surface area contributed by atoms with Crippen LogP contribution in [0.2, 0.25) is 5.02 Å². The summed E-state index contributed by atoms with van der Waals surface area (Å²) >= 11 is 6.08. The van der Waals surface area contributed by atoms with Crippen LogP contribution in [0.4, 0.5) is 20.6 Å². The molecule has 2 aromatic rings. The Hall–Kier alpha value is -3.53. The van der Waals surface area contributed by atoms with Crippen LogP contribution >= 0.6 is 11.6 Å². The molecule has 0 bridgehead atoms. The number of hydrogen-bond acceptors (Lipinski definition) is 5. The Morgan fingerprint density at radius 2 is 2.03 bits per heavy atom. The number of fused-ring (bicyclic) bond motifs is 1. The first-order chi connectivity index (χ1) is 14.6. The number of urea groups is 1. The summed E-state index contributed by atoms with van der Waals surface area (Å²) in [4.78, 5) is 51.0. The molecule has 1 saturated heterocycles. The van der Waals surface area contributed by atoms with Gasteiger partial charge < -0.3 is 10.2 Å². The smallest absolute Gasteiger partial charge is 0.319 e. The average Bonchev–Trinajstić information content (AvgIpc) is 3.22. The van der Waals surface area contributed by atoms with Gasteiger partial charge in [-0.05, 0) is 37.1 Å². The van der Waals surface area contributed by atoms with E-state index in [0.29, 0.717) is 17.7 Å². The second-order valence-corrected chi connectivity index (χ2v) is 7.84. The van der Waals surface area contributed by atoms with Crippen LogP contribution in [0, 0.1) is 15.9 Å². The molecular formula is C20H16ClFN4O5. The van der Waals surface area contributed by atoms with Crippen molar-refractivity contribution in [2.75, 3.05) is 18.0 Å². The van der Waals surface area contributed by atoms with E-state index in [1.54, 1.807) is 0 Å². The largest absolute Gasteiger partial charge is 0.325 e. The van der Waals surface area contributed by atoms with Gasteiger partial charge in [0.05, 0.1) is 4.92 Å². The summed E-state index contributed by atoms with van der Waals surface area (Å²) in [5.41, 5.74) is -0.266. The monoisotopic (exact) mass is 446 g/mol. The number of hydrogen-bond donors (Lipinski definition) is 1. The molecule has 0 radical (unpaired) electrons. The van der Waals surface area contributed by atoms with Crippen molar-refractivity contribution in [2.24, 2.45) is 0 Å². The number of nitro benzene ring substituents is 1. The van der Waals surface area contributed by atoms with Crippen LogP contribution < -0.4 is 10.2 Å². The molecule has 0 spiro atoms. The molecule has 4 rings (SSSR count). The van der Waals surface area contributed by atoms with E-state index in [-0.39, 0.29) is 22.8 Å². The zero-order valence-electron chi connectivity index (χ0n) is 16.2. The predicted octanol–water partition coefficient (Wildman–Crippen LogP) is 2.74. The minimum atomic E-state index is -1.55. The lowest BCUT2D eigenvalue weighted by Gasteiger charge is -2.24. The number of nitrogens with zero attached hydrogens (tertiary/aromatic N) is 3. The molecule has 0 aromatic heterocycles. The first kappa shape index (κ1) is 20.7. The number of anilines is 1. The normalized spacial score (nSPS) is 20.1. The van der Waals surface area contributed by atoms with Crippen LogP contribution in [0.25, 0.3) is 0 Å². The lowest BCUT2D eigenvalue weighted by atomic mass is 9.92. The number of nitro groups is 1. The summed E-state index contributed by atoms with van der Waals surface area (Å²) in [6.07, 6.45) is 0.422.